The van der Waals surface area contributed by atoms with E-state index in [0.717, 1.165) is 17.0 Å². The van der Waals surface area contributed by atoms with Gasteiger partial charge in [-0.3, -0.25) is 4.39 Å². The first-order valence-electron chi connectivity index (χ1n) is 20.8. The molecule has 1 radical (unpaired) electrons. The van der Waals surface area contributed by atoms with Crippen molar-refractivity contribution in [3.8, 4) is 33.6 Å². The monoisotopic (exact) mass is 824 g/mol. The molecule has 0 amide bonds. The van der Waals surface area contributed by atoms with Crippen LogP contribution in [-0.4, -0.2) is 15.0 Å². The molecule has 4 nitrogen and oxygen atoms in total. The summed E-state index contributed by atoms with van der Waals surface area (Å²) in [6.07, 6.45) is 3.09. The normalized spacial score (nSPS) is 16.0. The Labute approximate surface area is 312 Å². The van der Waals surface area contributed by atoms with Crippen LogP contribution in [-0.2, 0) is 26.5 Å². The van der Waals surface area contributed by atoms with E-state index in [9.17, 15) is 4.39 Å². The predicted molar refractivity (Wildman–Crippen MR) is 190 cm³/mol. The minimum atomic E-state index is -2.42. The molecule has 0 saturated heterocycles. The number of furan rings is 1. The number of aryl methyl sites for hydroxylation is 4. The zero-order valence-electron chi connectivity index (χ0n) is 38.3. The van der Waals surface area contributed by atoms with E-state index in [1.807, 2.05) is 57.2 Å². The third kappa shape index (κ3) is 7.62. The van der Waals surface area contributed by atoms with Gasteiger partial charge in [0, 0.05) is 65.8 Å². The maximum Gasteiger partial charge on any atom is 0.216 e. The first-order valence-corrected chi connectivity index (χ1v) is 14.8. The zero-order chi connectivity index (χ0) is 43.3. The number of nitrogens with zero attached hydrogens (tertiary/aromatic N) is 3. The number of hydrogen-bond donors (Lipinski definition) is 0. The second-order valence-corrected chi connectivity index (χ2v) is 12.3. The molecule has 0 fully saturated rings. The van der Waals surface area contributed by atoms with Crippen LogP contribution in [0.4, 0.5) is 4.39 Å². The third-order valence-corrected chi connectivity index (χ3v) is 7.40. The van der Waals surface area contributed by atoms with E-state index in [1.165, 1.54) is 24.5 Å². The van der Waals surface area contributed by atoms with Gasteiger partial charge in [-0.15, -0.1) is 42.0 Å². The minimum Gasteiger partial charge on any atom is -0.486 e. The van der Waals surface area contributed by atoms with E-state index in [-0.39, 0.29) is 64.9 Å². The summed E-state index contributed by atoms with van der Waals surface area (Å²) in [7, 11) is 0. The molecule has 0 N–H and O–H groups in total. The number of pyridine rings is 3. The van der Waals surface area contributed by atoms with Crippen molar-refractivity contribution in [2.75, 3.05) is 0 Å². The molecule has 6 heteroatoms. The molecule has 0 unspecified atom stereocenters. The van der Waals surface area contributed by atoms with Gasteiger partial charge in [0.05, 0.1) is 5.58 Å². The number of aromatic nitrogens is 3. The molecule has 0 spiro atoms. The van der Waals surface area contributed by atoms with Crippen LogP contribution in [0.1, 0.15) is 65.2 Å². The Morgan fingerprint density at radius 2 is 1.58 bits per heavy atom. The number of rotatable bonds is 4. The van der Waals surface area contributed by atoms with Crippen molar-refractivity contribution < 1.29 is 45.4 Å². The summed E-state index contributed by atoms with van der Waals surface area (Å²) in [6.45, 7) is -3.48. The molecule has 0 aliphatic rings. The van der Waals surface area contributed by atoms with Gasteiger partial charge in [0.2, 0.25) is 5.71 Å². The number of hydrogen-bond acceptors (Lipinski definition) is 4. The first-order chi connectivity index (χ1) is 27.3. The van der Waals surface area contributed by atoms with Crippen molar-refractivity contribution >= 4 is 22.1 Å². The van der Waals surface area contributed by atoms with E-state index >= 15 is 0 Å². The van der Waals surface area contributed by atoms with Crippen LogP contribution in [0.3, 0.4) is 0 Å². The summed E-state index contributed by atoms with van der Waals surface area (Å²) in [5.74, 6) is -0.755. The molecule has 48 heavy (non-hydrogen) atoms. The molecule has 0 bridgehead atoms. The van der Waals surface area contributed by atoms with Crippen molar-refractivity contribution in [2.24, 2.45) is 5.41 Å². The fourth-order valence-corrected chi connectivity index (χ4v) is 5.28. The summed E-state index contributed by atoms with van der Waals surface area (Å²) >= 11 is 0. The van der Waals surface area contributed by atoms with Gasteiger partial charge in [0.25, 0.3) is 0 Å². The van der Waals surface area contributed by atoms with E-state index in [0.29, 0.717) is 39.8 Å². The summed E-state index contributed by atoms with van der Waals surface area (Å²) < 4.78 is 112. The Bertz CT molecular complexity index is 2650. The maximum atomic E-state index is 14.4. The molecule has 7 aromatic rings. The van der Waals surface area contributed by atoms with Crippen molar-refractivity contribution in [2.45, 2.75) is 54.6 Å². The number of benzene rings is 3. The Morgan fingerprint density at radius 3 is 2.29 bits per heavy atom. The van der Waals surface area contributed by atoms with Crippen LogP contribution in [0, 0.1) is 50.8 Å². The van der Waals surface area contributed by atoms with Gasteiger partial charge in [-0.1, -0.05) is 92.2 Å². The van der Waals surface area contributed by atoms with Crippen molar-refractivity contribution in [3.63, 3.8) is 0 Å². The average Bonchev–Trinajstić information content (AvgIpc) is 3.51. The van der Waals surface area contributed by atoms with Crippen LogP contribution in [0.5, 0.6) is 0 Å². The van der Waals surface area contributed by atoms with Gasteiger partial charge in [-0.2, -0.15) is 0 Å². The van der Waals surface area contributed by atoms with Crippen molar-refractivity contribution in [1.29, 1.82) is 0 Å². The molecule has 245 valence electrons. The van der Waals surface area contributed by atoms with Crippen LogP contribution in [0.25, 0.3) is 55.7 Å². The van der Waals surface area contributed by atoms with E-state index in [2.05, 4.69) is 27.1 Å². The third-order valence-electron chi connectivity index (χ3n) is 7.40. The molecule has 7 rings (SSSR count). The minimum absolute atomic E-state index is 0. The van der Waals surface area contributed by atoms with E-state index in [4.69, 9.17) is 20.9 Å². The van der Waals surface area contributed by atoms with E-state index in [1.54, 1.807) is 24.3 Å². The molecular weight excluding hydrogens is 774 g/mol. The van der Waals surface area contributed by atoms with Crippen LogP contribution in [0.2, 0.25) is 0 Å². The molecule has 0 saturated carbocycles. The van der Waals surface area contributed by atoms with Gasteiger partial charge >= 0.3 is 0 Å². The molecule has 0 atom stereocenters. The second-order valence-electron chi connectivity index (χ2n) is 12.3. The summed E-state index contributed by atoms with van der Waals surface area (Å²) in [5.41, 5.74) is 3.72. The standard InChI is InChI=1S/C24H17N2O.C18H21FN.Ir/c1-15-14-25-22(13-21(15)17-7-4-3-5-8-17)20-10-6-9-18-19-12-11-16(2)26-24(19)27-23(18)20;1-12-6-7-15(16(19)8-12)17-9-14(10-18(3,4)5)13(2)11-20-17;/h3-9,11-14H,1-2H3;6,8-9,11H,10H2,1-5H3;/q2*-1;/i2*1D3,2D3;. The summed E-state index contributed by atoms with van der Waals surface area (Å²) in [4.78, 5) is 12.7. The van der Waals surface area contributed by atoms with Crippen molar-refractivity contribution in [1.82, 2.24) is 15.0 Å². The van der Waals surface area contributed by atoms with Gasteiger partial charge < -0.3 is 14.4 Å². The molecule has 3 aromatic carbocycles. The molecule has 0 aliphatic carbocycles. The molecular formula is C42H38FIrN3O-2. The Hall–Kier alpha value is -4.51. The second kappa shape index (κ2) is 14.3. The number of halogens is 1. The Kier molecular flexibility index (Phi) is 6.61. The Balaban J connectivity index is 0.000000231. The maximum absolute atomic E-state index is 14.4. The van der Waals surface area contributed by atoms with Crippen LogP contribution < -0.4 is 0 Å². The van der Waals surface area contributed by atoms with Crippen LogP contribution >= 0.6 is 0 Å². The predicted octanol–water partition coefficient (Wildman–Crippen LogP) is 11.0. The van der Waals surface area contributed by atoms with Gasteiger partial charge in [-0.05, 0) is 78.2 Å². The fraction of sp³-hybridized carbons (Fsp3) is 0.214. The Morgan fingerprint density at radius 1 is 0.812 bits per heavy atom. The van der Waals surface area contributed by atoms with Crippen molar-refractivity contribution in [3.05, 3.63) is 137 Å². The summed E-state index contributed by atoms with van der Waals surface area (Å²) in [5, 5.41) is 1.42. The van der Waals surface area contributed by atoms with Gasteiger partial charge in [-0.25, -0.2) is 4.98 Å². The SMILES string of the molecule is [2H]C([2H])([2H])c1c[c-]c(-c2cc(CC(C)(C)C)c(C([2H])([2H])[2H])cn2)c(F)c1.[2H]C([2H])([2H])c1ccc2c(n1)oc1c(-c3cc(-c4ccccc4)c(C([2H])([2H])[2H])cn3)[c-]ccc12.[Ir]. The quantitative estimate of drug-likeness (QED) is 0.166. The topological polar surface area (TPSA) is 51.8 Å². The van der Waals surface area contributed by atoms with E-state index < -0.39 is 33.2 Å². The average molecular weight is 824 g/mol. The fourth-order valence-electron chi connectivity index (χ4n) is 5.28. The zero-order valence-corrected chi connectivity index (χ0v) is 28.7. The smallest absolute Gasteiger partial charge is 0.216 e. The molecule has 4 aromatic heterocycles. The molecule has 4 heterocycles. The number of fused-ring (bicyclic) bond motifs is 3. The largest absolute Gasteiger partial charge is 0.486 e. The first kappa shape index (κ1) is 22.2. The molecule has 0 aliphatic heterocycles. The summed E-state index contributed by atoms with van der Waals surface area (Å²) in [6, 6.07) is 27.2. The van der Waals surface area contributed by atoms with Gasteiger partial charge in [0.15, 0.2) is 0 Å². The van der Waals surface area contributed by atoms with Crippen LogP contribution in [0.15, 0.2) is 95.7 Å². The van der Waals surface area contributed by atoms with Gasteiger partial charge in [0.1, 0.15) is 0 Å².